The number of rotatable bonds is 1. The van der Waals surface area contributed by atoms with Gasteiger partial charge in [0.2, 0.25) is 0 Å². The number of hydrogen-bond donors (Lipinski definition) is 1. The molecule has 17 heavy (non-hydrogen) atoms. The van der Waals surface area contributed by atoms with Crippen LogP contribution in [0.1, 0.15) is 36.2 Å². The number of carboxylic acid groups (broad SMARTS) is 1. The van der Waals surface area contributed by atoms with Crippen molar-refractivity contribution in [2.24, 2.45) is 0 Å². The Morgan fingerprint density at radius 1 is 1.59 bits per heavy atom. The highest BCUT2D eigenvalue weighted by Crippen LogP contribution is 2.39. The van der Waals surface area contributed by atoms with E-state index in [-0.39, 0.29) is 10.8 Å². The third-order valence-electron chi connectivity index (χ3n) is 2.84. The van der Waals surface area contributed by atoms with Crippen LogP contribution in [0.4, 0.5) is 4.39 Å². The Morgan fingerprint density at radius 3 is 2.82 bits per heavy atom. The van der Waals surface area contributed by atoms with E-state index < -0.39 is 23.0 Å². The number of carboxylic acids is 1. The third kappa shape index (κ3) is 2.09. The van der Waals surface area contributed by atoms with E-state index in [1.165, 1.54) is 6.07 Å². The first-order valence-electron chi connectivity index (χ1n) is 5.25. The van der Waals surface area contributed by atoms with Gasteiger partial charge in [-0.2, -0.15) is 0 Å². The van der Waals surface area contributed by atoms with E-state index in [1.807, 2.05) is 13.8 Å². The number of ether oxygens (including phenoxy) is 1. The number of aromatic carboxylic acids is 1. The summed E-state index contributed by atoms with van der Waals surface area (Å²) >= 11 is 5.67. The molecular weight excluding hydrogens is 247 g/mol. The van der Waals surface area contributed by atoms with Crippen molar-refractivity contribution < 1.29 is 19.0 Å². The van der Waals surface area contributed by atoms with Crippen molar-refractivity contribution in [3.8, 4) is 5.75 Å². The Balaban J connectivity index is 2.66. The summed E-state index contributed by atoms with van der Waals surface area (Å²) in [5.74, 6) is -2.19. The normalized spacial score (nSPS) is 17.2. The van der Waals surface area contributed by atoms with Gasteiger partial charge in [-0.05, 0) is 38.3 Å². The molecule has 2 rings (SSSR count). The summed E-state index contributed by atoms with van der Waals surface area (Å²) in [5, 5.41) is 8.86. The van der Waals surface area contributed by atoms with E-state index in [2.05, 4.69) is 0 Å². The second-order valence-corrected chi connectivity index (χ2v) is 5.11. The molecule has 0 saturated carbocycles. The Kier molecular flexibility index (Phi) is 2.78. The van der Waals surface area contributed by atoms with Crippen LogP contribution in [-0.4, -0.2) is 16.7 Å². The van der Waals surface area contributed by atoms with Gasteiger partial charge in [0.25, 0.3) is 0 Å². The quantitative estimate of drug-likeness (QED) is 0.841. The first-order chi connectivity index (χ1) is 7.82. The van der Waals surface area contributed by atoms with Gasteiger partial charge in [-0.15, -0.1) is 0 Å². The Labute approximate surface area is 103 Å². The summed E-state index contributed by atoms with van der Waals surface area (Å²) in [7, 11) is 0. The lowest BCUT2D eigenvalue weighted by molar-refractivity contribution is 0.0636. The molecule has 0 bridgehead atoms. The maximum absolute atomic E-state index is 13.7. The van der Waals surface area contributed by atoms with Gasteiger partial charge in [-0.1, -0.05) is 11.6 Å². The maximum atomic E-state index is 13.7. The van der Waals surface area contributed by atoms with Crippen molar-refractivity contribution in [1.29, 1.82) is 0 Å². The number of fused-ring (bicyclic) bond motifs is 1. The first-order valence-corrected chi connectivity index (χ1v) is 5.63. The molecule has 1 aromatic carbocycles. The summed E-state index contributed by atoms with van der Waals surface area (Å²) in [6.45, 7) is 3.68. The molecule has 0 fully saturated rings. The SMILES string of the molecule is CC1(C)CCc2cc(Cl)c(F)c(C(=O)O)c2O1. The fourth-order valence-corrected chi connectivity index (χ4v) is 2.14. The summed E-state index contributed by atoms with van der Waals surface area (Å²) in [4.78, 5) is 11.1. The van der Waals surface area contributed by atoms with Crippen molar-refractivity contribution in [1.82, 2.24) is 0 Å². The molecule has 0 radical (unpaired) electrons. The van der Waals surface area contributed by atoms with Crippen LogP contribution in [0, 0.1) is 5.82 Å². The monoisotopic (exact) mass is 258 g/mol. The van der Waals surface area contributed by atoms with Gasteiger partial charge in [0.15, 0.2) is 5.82 Å². The highest BCUT2D eigenvalue weighted by molar-refractivity contribution is 6.31. The van der Waals surface area contributed by atoms with Gasteiger partial charge in [0.1, 0.15) is 16.9 Å². The maximum Gasteiger partial charge on any atom is 0.342 e. The van der Waals surface area contributed by atoms with E-state index in [0.29, 0.717) is 12.0 Å². The smallest absolute Gasteiger partial charge is 0.342 e. The molecule has 1 N–H and O–H groups in total. The van der Waals surface area contributed by atoms with E-state index in [4.69, 9.17) is 21.4 Å². The zero-order chi connectivity index (χ0) is 12.8. The number of halogens is 2. The average molecular weight is 259 g/mol. The van der Waals surface area contributed by atoms with Gasteiger partial charge >= 0.3 is 5.97 Å². The van der Waals surface area contributed by atoms with Crippen LogP contribution in [0.15, 0.2) is 6.07 Å². The van der Waals surface area contributed by atoms with Crippen molar-refractivity contribution in [3.63, 3.8) is 0 Å². The molecule has 0 spiro atoms. The molecule has 0 aliphatic carbocycles. The molecule has 0 aromatic heterocycles. The molecule has 1 aliphatic heterocycles. The van der Waals surface area contributed by atoms with Gasteiger partial charge < -0.3 is 9.84 Å². The fraction of sp³-hybridized carbons (Fsp3) is 0.417. The van der Waals surface area contributed by atoms with Crippen LogP contribution in [0.25, 0.3) is 0 Å². The molecule has 0 atom stereocenters. The lowest BCUT2D eigenvalue weighted by Crippen LogP contribution is -2.33. The zero-order valence-electron chi connectivity index (χ0n) is 9.51. The number of carbonyl (C=O) groups is 1. The minimum atomic E-state index is -1.36. The number of hydrogen-bond acceptors (Lipinski definition) is 2. The molecule has 1 aromatic rings. The summed E-state index contributed by atoms with van der Waals surface area (Å²) in [6.07, 6.45) is 1.36. The van der Waals surface area contributed by atoms with Crippen LogP contribution in [0.2, 0.25) is 5.02 Å². The highest BCUT2D eigenvalue weighted by Gasteiger charge is 2.33. The van der Waals surface area contributed by atoms with Gasteiger partial charge in [0, 0.05) is 0 Å². The average Bonchev–Trinajstić information content (AvgIpc) is 2.19. The molecule has 3 nitrogen and oxygen atoms in total. The summed E-state index contributed by atoms with van der Waals surface area (Å²) < 4.78 is 19.3. The molecule has 5 heteroatoms. The topological polar surface area (TPSA) is 46.5 Å². The summed E-state index contributed by atoms with van der Waals surface area (Å²) in [6, 6.07) is 1.44. The molecular formula is C12H12ClFO3. The van der Waals surface area contributed by atoms with E-state index in [0.717, 1.165) is 6.42 Å². The first kappa shape index (κ1) is 12.2. The molecule has 0 amide bonds. The lowest BCUT2D eigenvalue weighted by atomic mass is 9.92. The molecule has 92 valence electrons. The predicted molar refractivity (Wildman–Crippen MR) is 61.4 cm³/mol. The lowest BCUT2D eigenvalue weighted by Gasteiger charge is -2.33. The van der Waals surface area contributed by atoms with Gasteiger partial charge in [-0.25, -0.2) is 9.18 Å². The minimum Gasteiger partial charge on any atom is -0.487 e. The fourth-order valence-electron chi connectivity index (χ4n) is 1.92. The Hall–Kier alpha value is -1.29. The van der Waals surface area contributed by atoms with Crippen molar-refractivity contribution >= 4 is 17.6 Å². The van der Waals surface area contributed by atoms with Crippen molar-refractivity contribution in [3.05, 3.63) is 28.0 Å². The van der Waals surface area contributed by atoms with Crippen LogP contribution in [0.5, 0.6) is 5.75 Å². The summed E-state index contributed by atoms with van der Waals surface area (Å²) in [5.41, 5.74) is -0.314. The van der Waals surface area contributed by atoms with Crippen LogP contribution < -0.4 is 4.74 Å². The van der Waals surface area contributed by atoms with Gasteiger partial charge in [-0.3, -0.25) is 0 Å². The molecule has 1 aliphatic rings. The Bertz CT molecular complexity index is 497. The second-order valence-electron chi connectivity index (χ2n) is 4.70. The van der Waals surface area contributed by atoms with Crippen LogP contribution >= 0.6 is 11.6 Å². The van der Waals surface area contributed by atoms with E-state index in [9.17, 15) is 9.18 Å². The van der Waals surface area contributed by atoms with Crippen LogP contribution in [0.3, 0.4) is 0 Å². The second kappa shape index (κ2) is 3.88. The van der Waals surface area contributed by atoms with E-state index in [1.54, 1.807) is 0 Å². The van der Waals surface area contributed by atoms with Crippen LogP contribution in [-0.2, 0) is 6.42 Å². The Morgan fingerprint density at radius 2 is 2.24 bits per heavy atom. The molecule has 0 saturated heterocycles. The van der Waals surface area contributed by atoms with E-state index >= 15 is 0 Å². The molecule has 1 heterocycles. The number of aryl methyl sites for hydroxylation is 1. The van der Waals surface area contributed by atoms with Gasteiger partial charge in [0.05, 0.1) is 5.02 Å². The molecule has 0 unspecified atom stereocenters. The third-order valence-corrected chi connectivity index (χ3v) is 3.11. The zero-order valence-corrected chi connectivity index (χ0v) is 10.3. The minimum absolute atomic E-state index is 0.107. The standard InChI is InChI=1S/C12H12ClFO3/c1-12(2)4-3-6-5-7(13)9(14)8(11(15)16)10(6)17-12/h5H,3-4H2,1-2H3,(H,15,16). The van der Waals surface area contributed by atoms with Crippen molar-refractivity contribution in [2.75, 3.05) is 0 Å². The highest BCUT2D eigenvalue weighted by atomic mass is 35.5. The largest absolute Gasteiger partial charge is 0.487 e. The number of benzene rings is 1. The van der Waals surface area contributed by atoms with Crippen molar-refractivity contribution in [2.45, 2.75) is 32.3 Å². The predicted octanol–water partition coefficient (Wildman–Crippen LogP) is 3.28.